The van der Waals surface area contributed by atoms with Gasteiger partial charge in [-0.2, -0.15) is 0 Å². The zero-order valence-electron chi connectivity index (χ0n) is 25.3. The van der Waals surface area contributed by atoms with Gasteiger partial charge in [-0.15, -0.1) is 65.0 Å². The van der Waals surface area contributed by atoms with Crippen molar-refractivity contribution in [2.75, 3.05) is 0 Å². The van der Waals surface area contributed by atoms with E-state index < -0.39 is 0 Å². The molecule has 0 amide bonds. The van der Waals surface area contributed by atoms with E-state index in [-0.39, 0.29) is 21.1 Å². The first kappa shape index (κ1) is 29.7. The monoisotopic (exact) mass is 750 g/mol. The Labute approximate surface area is 273 Å². The maximum absolute atomic E-state index is 5.31. The normalized spacial score (nSPS) is 11.4. The Kier molecular flexibility index (Phi) is 8.34. The number of benzene rings is 5. The van der Waals surface area contributed by atoms with Crippen molar-refractivity contribution in [3.63, 3.8) is 0 Å². The molecule has 0 fully saturated rings. The molecule has 0 aliphatic rings. The van der Waals surface area contributed by atoms with E-state index in [2.05, 4.69) is 135 Å². The number of hydrogen-bond donors (Lipinski definition) is 0. The Morgan fingerprint density at radius 2 is 1.32 bits per heavy atom. The summed E-state index contributed by atoms with van der Waals surface area (Å²) in [7, 11) is 0. The largest absolute Gasteiger partial charge is 2.00 e. The number of nitrogens with zero attached hydrogens (tertiary/aromatic N) is 3. The molecular weight excluding hydrogens is 718 g/mol. The smallest absolute Gasteiger partial charge is 0.333 e. The minimum absolute atomic E-state index is 0. The van der Waals surface area contributed by atoms with Crippen LogP contribution in [0.25, 0.3) is 61.4 Å². The van der Waals surface area contributed by atoms with Crippen LogP contribution in [0.2, 0.25) is 0 Å². The molecule has 0 N–H and O–H groups in total. The van der Waals surface area contributed by atoms with Crippen LogP contribution in [0.15, 0.2) is 115 Å². The number of aromatic nitrogens is 3. The second-order valence-corrected chi connectivity index (χ2v) is 11.8. The fourth-order valence-corrected chi connectivity index (χ4v) is 5.74. The van der Waals surface area contributed by atoms with Crippen LogP contribution in [-0.2, 0) is 21.1 Å². The molecule has 0 saturated heterocycles. The van der Waals surface area contributed by atoms with Gasteiger partial charge in [0.15, 0.2) is 0 Å². The SMILES string of the molecule is CC(C)c1cc(C(C)C)cc(-n2c(-c3[c-]cccc3)nc3c(-c4cccc(-c5[c-]cc6ccccc6c5)n4)cccc32)c1.[Pt+2]. The van der Waals surface area contributed by atoms with Crippen molar-refractivity contribution >= 4 is 21.8 Å². The molecule has 0 aliphatic carbocycles. The quantitative estimate of drug-likeness (QED) is 0.159. The van der Waals surface area contributed by atoms with E-state index in [0.29, 0.717) is 11.8 Å². The summed E-state index contributed by atoms with van der Waals surface area (Å²) >= 11 is 0. The van der Waals surface area contributed by atoms with Crippen LogP contribution in [0.4, 0.5) is 0 Å². The Balaban J connectivity index is 0.00000343. The van der Waals surface area contributed by atoms with Crippen molar-refractivity contribution in [2.45, 2.75) is 39.5 Å². The number of imidazole rings is 1. The van der Waals surface area contributed by atoms with Gasteiger partial charge >= 0.3 is 21.1 Å². The molecule has 0 atom stereocenters. The first-order valence-electron chi connectivity index (χ1n) is 15.0. The summed E-state index contributed by atoms with van der Waals surface area (Å²) in [5.74, 6) is 1.69. The molecule has 0 aliphatic heterocycles. The number of rotatable bonds is 6. The summed E-state index contributed by atoms with van der Waals surface area (Å²) in [5.41, 5.74) is 10.4. The number of hydrogen-bond acceptors (Lipinski definition) is 2. The van der Waals surface area contributed by atoms with Crippen molar-refractivity contribution in [1.29, 1.82) is 0 Å². The van der Waals surface area contributed by atoms with E-state index >= 15 is 0 Å². The molecule has 0 radical (unpaired) electrons. The molecule has 218 valence electrons. The van der Waals surface area contributed by atoms with Crippen LogP contribution >= 0.6 is 0 Å². The molecule has 3 nitrogen and oxygen atoms in total. The Morgan fingerprint density at radius 3 is 2.05 bits per heavy atom. The average molecular weight is 751 g/mol. The van der Waals surface area contributed by atoms with Crippen LogP contribution < -0.4 is 0 Å². The van der Waals surface area contributed by atoms with Crippen LogP contribution in [0.5, 0.6) is 0 Å². The zero-order chi connectivity index (χ0) is 29.5. The van der Waals surface area contributed by atoms with Crippen LogP contribution in [-0.4, -0.2) is 14.5 Å². The molecular formula is C40H33N3Pt. The van der Waals surface area contributed by atoms with Crippen LogP contribution in [0.1, 0.15) is 50.7 Å². The number of para-hydroxylation sites is 1. The minimum atomic E-state index is 0. The Bertz CT molecular complexity index is 2060. The van der Waals surface area contributed by atoms with Gasteiger partial charge in [-0.1, -0.05) is 87.7 Å². The first-order chi connectivity index (χ1) is 21.0. The van der Waals surface area contributed by atoms with Gasteiger partial charge < -0.3 is 4.57 Å². The fraction of sp³-hybridized carbons (Fsp3) is 0.150. The third-order valence-corrected chi connectivity index (χ3v) is 8.17. The molecule has 2 heterocycles. The third-order valence-electron chi connectivity index (χ3n) is 8.17. The molecule has 4 heteroatoms. The van der Waals surface area contributed by atoms with E-state index in [1.807, 2.05) is 24.3 Å². The first-order valence-corrected chi connectivity index (χ1v) is 15.0. The summed E-state index contributed by atoms with van der Waals surface area (Å²) in [5, 5.41) is 2.35. The molecule has 0 spiro atoms. The van der Waals surface area contributed by atoms with E-state index in [4.69, 9.17) is 9.97 Å². The fourth-order valence-electron chi connectivity index (χ4n) is 5.74. The van der Waals surface area contributed by atoms with Crippen LogP contribution in [0.3, 0.4) is 0 Å². The minimum Gasteiger partial charge on any atom is -0.333 e. The van der Waals surface area contributed by atoms with Crippen molar-refractivity contribution in [1.82, 2.24) is 14.5 Å². The Hall–Kier alpha value is -4.33. The predicted molar refractivity (Wildman–Crippen MR) is 179 cm³/mol. The van der Waals surface area contributed by atoms with Gasteiger partial charge in [0.2, 0.25) is 0 Å². The van der Waals surface area contributed by atoms with E-state index in [1.165, 1.54) is 21.9 Å². The van der Waals surface area contributed by atoms with Crippen molar-refractivity contribution in [2.24, 2.45) is 0 Å². The molecule has 0 unspecified atom stereocenters. The second kappa shape index (κ2) is 12.3. The van der Waals surface area contributed by atoms with Crippen molar-refractivity contribution in [3.05, 3.63) is 139 Å². The van der Waals surface area contributed by atoms with Gasteiger partial charge in [0.25, 0.3) is 0 Å². The topological polar surface area (TPSA) is 30.7 Å². The molecule has 2 aromatic heterocycles. The van der Waals surface area contributed by atoms with E-state index in [0.717, 1.165) is 50.6 Å². The van der Waals surface area contributed by atoms with Gasteiger partial charge in [-0.05, 0) is 52.9 Å². The van der Waals surface area contributed by atoms with Crippen molar-refractivity contribution in [3.8, 4) is 39.6 Å². The standard InChI is InChI=1S/C40H33N3.Pt/c1-26(2)32-23-33(27(3)4)25-34(24-32)43-38-19-10-16-35(39(38)42-40(43)29-13-6-5-7-14-29)37-18-11-17-36(41-37)31-21-20-28-12-8-9-15-30(28)22-31;/h5-13,15-20,22-27H,1-4H3;/q-2;+2. The van der Waals surface area contributed by atoms with Crippen LogP contribution in [0, 0.1) is 12.1 Å². The maximum atomic E-state index is 5.31. The van der Waals surface area contributed by atoms with E-state index in [9.17, 15) is 0 Å². The van der Waals surface area contributed by atoms with Gasteiger partial charge in [-0.25, -0.2) is 0 Å². The molecule has 0 saturated carbocycles. The predicted octanol–water partition coefficient (Wildman–Crippen LogP) is 10.4. The summed E-state index contributed by atoms with van der Waals surface area (Å²) in [6.45, 7) is 9.02. The molecule has 44 heavy (non-hydrogen) atoms. The summed E-state index contributed by atoms with van der Waals surface area (Å²) in [4.78, 5) is 10.5. The molecule has 5 aromatic carbocycles. The Morgan fingerprint density at radius 1 is 0.614 bits per heavy atom. The second-order valence-electron chi connectivity index (χ2n) is 11.8. The number of fused-ring (bicyclic) bond motifs is 2. The average Bonchev–Trinajstić information content (AvgIpc) is 3.45. The van der Waals surface area contributed by atoms with Gasteiger partial charge in [0.05, 0.1) is 22.6 Å². The molecule has 0 bridgehead atoms. The van der Waals surface area contributed by atoms with Gasteiger partial charge in [0.1, 0.15) is 0 Å². The zero-order valence-corrected chi connectivity index (χ0v) is 27.6. The maximum Gasteiger partial charge on any atom is 2.00 e. The summed E-state index contributed by atoms with van der Waals surface area (Å²) in [6.07, 6.45) is 0. The van der Waals surface area contributed by atoms with Gasteiger partial charge in [-0.3, -0.25) is 9.97 Å². The van der Waals surface area contributed by atoms with Gasteiger partial charge in [0, 0.05) is 11.3 Å². The summed E-state index contributed by atoms with van der Waals surface area (Å²) in [6, 6.07) is 47.1. The summed E-state index contributed by atoms with van der Waals surface area (Å²) < 4.78 is 2.30. The van der Waals surface area contributed by atoms with E-state index in [1.54, 1.807) is 0 Å². The molecule has 7 aromatic rings. The molecule has 7 rings (SSSR count). The number of pyridine rings is 1. The van der Waals surface area contributed by atoms with Crippen molar-refractivity contribution < 1.29 is 21.1 Å². The third kappa shape index (κ3) is 5.53.